The van der Waals surface area contributed by atoms with E-state index in [1.165, 1.54) is 0 Å². The van der Waals surface area contributed by atoms with Gasteiger partial charge in [0.2, 0.25) is 5.90 Å². The molecule has 1 aliphatic carbocycles. The minimum Gasteiger partial charge on any atom is -0.494 e. The molecule has 4 N–H and O–H groups in total. The fourth-order valence-corrected chi connectivity index (χ4v) is 5.80. The molecular formula is C33H38N6O5. The van der Waals surface area contributed by atoms with Gasteiger partial charge < -0.3 is 19.7 Å². The average molecular weight is 599 g/mol. The number of amides is 1. The fourth-order valence-electron chi connectivity index (χ4n) is 5.80. The lowest BCUT2D eigenvalue weighted by Crippen LogP contribution is -2.56. The Hall–Kier alpha value is -4.41. The van der Waals surface area contributed by atoms with Crippen LogP contribution in [0.1, 0.15) is 61.3 Å². The number of nitrogens with zero attached hydrogens (tertiary/aromatic N) is 4. The zero-order chi connectivity index (χ0) is 30.8. The maximum absolute atomic E-state index is 14.4. The van der Waals surface area contributed by atoms with Crippen LogP contribution in [0.5, 0.6) is 5.75 Å². The quantitative estimate of drug-likeness (QED) is 0.0695. The van der Waals surface area contributed by atoms with E-state index in [0.29, 0.717) is 48.4 Å². The van der Waals surface area contributed by atoms with Crippen molar-refractivity contribution in [3.8, 4) is 5.75 Å². The second-order valence-corrected chi connectivity index (χ2v) is 11.3. The highest BCUT2D eigenvalue weighted by Gasteiger charge is 2.54. The van der Waals surface area contributed by atoms with Gasteiger partial charge in [0.15, 0.2) is 11.6 Å². The second-order valence-electron chi connectivity index (χ2n) is 11.3. The van der Waals surface area contributed by atoms with Crippen molar-refractivity contribution >= 4 is 17.5 Å². The molecule has 0 unspecified atom stereocenters. The average Bonchev–Trinajstić information content (AvgIpc) is 3.43. The first-order valence-corrected chi connectivity index (χ1v) is 15.0. The Labute approximate surface area is 256 Å². The molecule has 44 heavy (non-hydrogen) atoms. The fraction of sp³-hybridized carbons (Fsp3) is 0.394. The second kappa shape index (κ2) is 14.4. The largest absolute Gasteiger partial charge is 0.494 e. The van der Waals surface area contributed by atoms with Crippen molar-refractivity contribution in [2.75, 3.05) is 19.8 Å². The smallest absolute Gasteiger partial charge is 0.266 e. The van der Waals surface area contributed by atoms with Crippen molar-refractivity contribution in [3.05, 3.63) is 106 Å². The van der Waals surface area contributed by atoms with E-state index in [4.69, 9.17) is 19.6 Å². The Morgan fingerprint density at radius 2 is 1.77 bits per heavy atom. The van der Waals surface area contributed by atoms with Gasteiger partial charge in [-0.1, -0.05) is 79.0 Å². The molecule has 230 valence electrons. The van der Waals surface area contributed by atoms with Gasteiger partial charge in [0.25, 0.3) is 5.91 Å². The van der Waals surface area contributed by atoms with E-state index in [1.54, 1.807) is 48.5 Å². The SMILES string of the molecule is [N-]=[N+]=Nc1ccccc1[C@@H]1OC(c2ccc(OCCCO)cc2)=N[C@]1(Cc1ccccc1)C(=O)NNCC1(O)CCCCC1. The number of aliphatic imine (C=N–C) groups is 1. The first kappa shape index (κ1) is 31.0. The van der Waals surface area contributed by atoms with E-state index in [2.05, 4.69) is 20.9 Å². The maximum Gasteiger partial charge on any atom is 0.266 e. The first-order chi connectivity index (χ1) is 21.5. The Kier molecular flexibility index (Phi) is 10.1. The van der Waals surface area contributed by atoms with E-state index < -0.39 is 23.2 Å². The Morgan fingerprint density at radius 3 is 2.50 bits per heavy atom. The van der Waals surface area contributed by atoms with Crippen LogP contribution in [0.15, 0.2) is 89.0 Å². The third kappa shape index (κ3) is 7.20. The number of aliphatic hydroxyl groups is 2. The summed E-state index contributed by atoms with van der Waals surface area (Å²) in [5.41, 5.74) is 15.1. The van der Waals surface area contributed by atoms with Crippen molar-refractivity contribution in [1.82, 2.24) is 10.9 Å². The lowest BCUT2D eigenvalue weighted by atomic mass is 9.81. The lowest BCUT2D eigenvalue weighted by Gasteiger charge is -2.34. The van der Waals surface area contributed by atoms with Crippen LogP contribution in [0, 0.1) is 0 Å². The van der Waals surface area contributed by atoms with Crippen molar-refractivity contribution in [3.63, 3.8) is 0 Å². The van der Waals surface area contributed by atoms with Crippen LogP contribution < -0.4 is 15.6 Å². The number of azide groups is 1. The summed E-state index contributed by atoms with van der Waals surface area (Å²) in [4.78, 5) is 22.4. The van der Waals surface area contributed by atoms with Crippen LogP contribution in [0.3, 0.4) is 0 Å². The van der Waals surface area contributed by atoms with Gasteiger partial charge in [0, 0.05) is 47.7 Å². The van der Waals surface area contributed by atoms with Gasteiger partial charge in [-0.25, -0.2) is 10.4 Å². The number of hydrazine groups is 1. The highest BCUT2D eigenvalue weighted by Crippen LogP contribution is 2.45. The molecule has 1 fully saturated rings. The Morgan fingerprint density at radius 1 is 1.05 bits per heavy atom. The van der Waals surface area contributed by atoms with Gasteiger partial charge >= 0.3 is 0 Å². The number of carbonyl (C=O) groups is 1. The molecule has 2 atom stereocenters. The molecule has 11 heteroatoms. The highest BCUT2D eigenvalue weighted by atomic mass is 16.5. The van der Waals surface area contributed by atoms with Crippen molar-refractivity contribution in [2.24, 2.45) is 10.1 Å². The number of ether oxygens (including phenoxy) is 2. The molecule has 0 saturated heterocycles. The summed E-state index contributed by atoms with van der Waals surface area (Å²) in [7, 11) is 0. The molecule has 0 bridgehead atoms. The predicted octanol–water partition coefficient (Wildman–Crippen LogP) is 5.21. The minimum absolute atomic E-state index is 0.0428. The van der Waals surface area contributed by atoms with E-state index in [-0.39, 0.29) is 25.5 Å². The van der Waals surface area contributed by atoms with Gasteiger partial charge in [-0.2, -0.15) is 0 Å². The third-order valence-corrected chi connectivity index (χ3v) is 8.12. The topological polar surface area (TPSA) is 161 Å². The van der Waals surface area contributed by atoms with E-state index in [1.807, 2.05) is 30.3 Å². The van der Waals surface area contributed by atoms with Crippen LogP contribution in [0.4, 0.5) is 5.69 Å². The molecule has 0 aromatic heterocycles. The van der Waals surface area contributed by atoms with Crippen LogP contribution in [0.2, 0.25) is 0 Å². The Bertz CT molecular complexity index is 1490. The summed E-state index contributed by atoms with van der Waals surface area (Å²) in [6, 6.07) is 23.7. The summed E-state index contributed by atoms with van der Waals surface area (Å²) in [6.07, 6.45) is 4.06. The highest BCUT2D eigenvalue weighted by molar-refractivity contribution is 6.01. The number of benzene rings is 3. The van der Waals surface area contributed by atoms with Crippen molar-refractivity contribution < 1.29 is 24.5 Å². The standard InChI is InChI=1S/C33H38N6O5/c34-39-37-28-13-6-5-12-27(28)29-33(22-24-10-3-1-4-11-24,31(41)38-35-23-32(42)18-7-2-8-19-32)36-30(44-29)25-14-16-26(17-15-25)43-21-9-20-40/h1,3-6,10-17,29,35,40,42H,2,7-9,18-23H2,(H,38,41)/t29-,33-/m0/s1. The molecule has 0 spiro atoms. The molecule has 0 radical (unpaired) electrons. The van der Waals surface area contributed by atoms with Gasteiger partial charge in [-0.15, -0.1) is 0 Å². The monoisotopic (exact) mass is 598 g/mol. The van der Waals surface area contributed by atoms with Gasteiger partial charge in [-0.3, -0.25) is 10.2 Å². The number of hydrogen-bond donors (Lipinski definition) is 4. The zero-order valence-electron chi connectivity index (χ0n) is 24.6. The molecule has 1 saturated carbocycles. The lowest BCUT2D eigenvalue weighted by molar-refractivity contribution is -0.130. The summed E-state index contributed by atoms with van der Waals surface area (Å²) < 4.78 is 12.2. The number of aliphatic hydroxyl groups excluding tert-OH is 1. The summed E-state index contributed by atoms with van der Waals surface area (Å²) in [6.45, 7) is 0.629. The van der Waals surface area contributed by atoms with Crippen LogP contribution in [-0.4, -0.2) is 52.9 Å². The van der Waals surface area contributed by atoms with Crippen molar-refractivity contribution in [2.45, 2.75) is 62.2 Å². The summed E-state index contributed by atoms with van der Waals surface area (Å²) >= 11 is 0. The van der Waals surface area contributed by atoms with Crippen LogP contribution >= 0.6 is 0 Å². The Balaban J connectivity index is 1.53. The first-order valence-electron chi connectivity index (χ1n) is 15.0. The molecule has 3 aromatic rings. The van der Waals surface area contributed by atoms with Gasteiger partial charge in [-0.05, 0) is 48.2 Å². The van der Waals surface area contributed by atoms with Gasteiger partial charge in [0.05, 0.1) is 12.2 Å². The number of hydrogen-bond acceptors (Lipinski definition) is 8. The summed E-state index contributed by atoms with van der Waals surface area (Å²) in [5.74, 6) is 0.439. The normalized spacial score (nSPS) is 20.6. The van der Waals surface area contributed by atoms with Gasteiger partial charge in [0.1, 0.15) is 5.75 Å². The summed E-state index contributed by atoms with van der Waals surface area (Å²) in [5, 5.41) is 24.0. The minimum atomic E-state index is -1.50. The zero-order valence-corrected chi connectivity index (χ0v) is 24.6. The van der Waals surface area contributed by atoms with E-state index in [9.17, 15) is 15.4 Å². The molecule has 5 rings (SSSR count). The van der Waals surface area contributed by atoms with Crippen LogP contribution in [0.25, 0.3) is 10.4 Å². The molecule has 2 aliphatic rings. The van der Waals surface area contributed by atoms with E-state index >= 15 is 0 Å². The third-order valence-electron chi connectivity index (χ3n) is 8.12. The number of nitrogens with one attached hydrogen (secondary N) is 2. The van der Waals surface area contributed by atoms with Crippen molar-refractivity contribution in [1.29, 1.82) is 0 Å². The molecular weight excluding hydrogens is 560 g/mol. The van der Waals surface area contributed by atoms with Crippen LogP contribution in [-0.2, 0) is 16.0 Å². The molecule has 1 aliphatic heterocycles. The molecule has 1 heterocycles. The molecule has 3 aromatic carbocycles. The maximum atomic E-state index is 14.4. The number of carbonyl (C=O) groups excluding carboxylic acids is 1. The van der Waals surface area contributed by atoms with E-state index in [0.717, 1.165) is 24.8 Å². The number of rotatable bonds is 13. The molecule has 11 nitrogen and oxygen atoms in total. The predicted molar refractivity (Wildman–Crippen MR) is 166 cm³/mol. The molecule has 1 amide bonds.